The van der Waals surface area contributed by atoms with Gasteiger partial charge in [-0.2, -0.15) is 0 Å². The summed E-state index contributed by atoms with van der Waals surface area (Å²) in [7, 11) is -1.32. The van der Waals surface area contributed by atoms with Crippen molar-refractivity contribution in [3.05, 3.63) is 10.7 Å². The molecule has 1 atom stereocenters. The van der Waals surface area contributed by atoms with Gasteiger partial charge in [-0.1, -0.05) is 0 Å². The topological polar surface area (TPSA) is 85.4 Å². The van der Waals surface area contributed by atoms with Crippen molar-refractivity contribution in [2.75, 3.05) is 7.11 Å². The van der Waals surface area contributed by atoms with Crippen LogP contribution < -0.4 is 5.14 Å². The van der Waals surface area contributed by atoms with Crippen LogP contribution in [-0.4, -0.2) is 27.3 Å². The Hall–Kier alpha value is -0.470. The summed E-state index contributed by atoms with van der Waals surface area (Å²) < 4.78 is 17.0. The number of hydrogen-bond acceptors (Lipinski definition) is 5. The molecule has 1 rings (SSSR count). The van der Waals surface area contributed by atoms with E-state index in [1.807, 2.05) is 0 Å². The van der Waals surface area contributed by atoms with Crippen molar-refractivity contribution in [1.29, 1.82) is 0 Å². The SMILES string of the molecule is C=S(N)(=O)c1sc(C(C)(C)O)nc1COC. The lowest BCUT2D eigenvalue weighted by Gasteiger charge is -2.12. The smallest absolute Gasteiger partial charge is 0.125 e. The lowest BCUT2D eigenvalue weighted by Crippen LogP contribution is -2.15. The van der Waals surface area contributed by atoms with Crippen LogP contribution in [0.3, 0.4) is 0 Å². The van der Waals surface area contributed by atoms with Crippen molar-refractivity contribution in [2.45, 2.75) is 30.3 Å². The molecule has 5 nitrogen and oxygen atoms in total. The van der Waals surface area contributed by atoms with Gasteiger partial charge < -0.3 is 9.84 Å². The second-order valence-corrected chi connectivity index (χ2v) is 7.09. The standard InChI is InChI=1S/C9H16N2O3S2/c1-9(2,12)8-11-6(5-14-3)7(15-8)16(4,10)13/h12H,4-5H2,1-3H3,(H2,10,13). The van der Waals surface area contributed by atoms with Crippen LogP contribution in [0.4, 0.5) is 0 Å². The lowest BCUT2D eigenvalue weighted by molar-refractivity contribution is 0.0776. The Kier molecular flexibility index (Phi) is 3.76. The van der Waals surface area contributed by atoms with Crippen molar-refractivity contribution >= 4 is 26.9 Å². The molecule has 0 aromatic carbocycles. The van der Waals surface area contributed by atoms with Gasteiger partial charge in [-0.05, 0) is 19.7 Å². The Labute approximate surface area is 99.4 Å². The summed E-state index contributed by atoms with van der Waals surface area (Å²) in [5, 5.41) is 15.8. The molecule has 0 amide bonds. The maximum atomic E-state index is 11.7. The quantitative estimate of drug-likeness (QED) is 0.774. The number of nitrogens with zero attached hydrogens (tertiary/aromatic N) is 1. The molecule has 16 heavy (non-hydrogen) atoms. The molecule has 1 aromatic heterocycles. The number of thiazole rings is 1. The number of rotatable bonds is 4. The van der Waals surface area contributed by atoms with E-state index in [0.29, 0.717) is 14.9 Å². The van der Waals surface area contributed by atoms with Crippen molar-refractivity contribution < 1.29 is 14.1 Å². The molecule has 0 aliphatic carbocycles. The van der Waals surface area contributed by atoms with Crippen molar-refractivity contribution in [1.82, 2.24) is 4.98 Å². The molecule has 1 unspecified atom stereocenters. The Bertz CT molecular complexity index is 471. The van der Waals surface area contributed by atoms with Crippen molar-refractivity contribution in [3.63, 3.8) is 0 Å². The van der Waals surface area contributed by atoms with Gasteiger partial charge in [0.15, 0.2) is 0 Å². The summed E-state index contributed by atoms with van der Waals surface area (Å²) in [6.45, 7) is 3.41. The monoisotopic (exact) mass is 264 g/mol. The molecule has 1 heterocycles. The molecule has 3 N–H and O–H groups in total. The fourth-order valence-electron chi connectivity index (χ4n) is 1.10. The third-order valence-corrected chi connectivity index (χ3v) is 4.94. The molecule has 0 bridgehead atoms. The molecule has 0 radical (unpaired) electrons. The van der Waals surface area contributed by atoms with E-state index in [4.69, 9.17) is 9.88 Å². The van der Waals surface area contributed by atoms with E-state index in [9.17, 15) is 9.32 Å². The highest BCUT2D eigenvalue weighted by Crippen LogP contribution is 2.30. The minimum Gasteiger partial charge on any atom is -0.383 e. The molecule has 0 saturated carbocycles. The number of ether oxygens (including phenoxy) is 1. The third kappa shape index (κ3) is 3.02. The second-order valence-electron chi connectivity index (χ2n) is 3.97. The van der Waals surface area contributed by atoms with Gasteiger partial charge >= 0.3 is 0 Å². The highest BCUT2D eigenvalue weighted by atomic mass is 32.2. The molecule has 7 heteroatoms. The number of hydrogen-bond donors (Lipinski definition) is 2. The fraction of sp³-hybridized carbons (Fsp3) is 0.556. The summed E-state index contributed by atoms with van der Waals surface area (Å²) in [6, 6.07) is 0. The number of aliphatic hydroxyl groups is 1. The van der Waals surface area contributed by atoms with E-state index in [-0.39, 0.29) is 6.61 Å². The van der Waals surface area contributed by atoms with Crippen molar-refractivity contribution in [2.24, 2.45) is 5.14 Å². The van der Waals surface area contributed by atoms with Crippen LogP contribution in [0.2, 0.25) is 0 Å². The predicted molar refractivity (Wildman–Crippen MR) is 65.8 cm³/mol. The van der Waals surface area contributed by atoms with Gasteiger partial charge in [-0.25, -0.2) is 9.19 Å². The summed E-state index contributed by atoms with van der Waals surface area (Å²) in [6.07, 6.45) is 0. The molecule has 0 aliphatic heterocycles. The average Bonchev–Trinajstić information content (AvgIpc) is 2.46. The molecule has 92 valence electrons. The van der Waals surface area contributed by atoms with Crippen LogP contribution in [-0.2, 0) is 26.7 Å². The van der Waals surface area contributed by atoms with Crippen LogP contribution in [0.1, 0.15) is 24.5 Å². The van der Waals surface area contributed by atoms with Gasteiger partial charge in [0.25, 0.3) is 0 Å². The van der Waals surface area contributed by atoms with Gasteiger partial charge in [0.05, 0.1) is 22.0 Å². The highest BCUT2D eigenvalue weighted by molar-refractivity contribution is 8.00. The highest BCUT2D eigenvalue weighted by Gasteiger charge is 2.25. The van der Waals surface area contributed by atoms with Gasteiger partial charge in [0.2, 0.25) is 0 Å². The van der Waals surface area contributed by atoms with Crippen molar-refractivity contribution in [3.8, 4) is 0 Å². The van der Waals surface area contributed by atoms with E-state index in [1.165, 1.54) is 7.11 Å². The van der Waals surface area contributed by atoms with Crippen LogP contribution in [0, 0.1) is 0 Å². The predicted octanol–water partition coefficient (Wildman–Crippen LogP) is 0.466. The zero-order chi connectivity index (χ0) is 12.6. The zero-order valence-corrected chi connectivity index (χ0v) is 11.2. The molecular weight excluding hydrogens is 248 g/mol. The van der Waals surface area contributed by atoms with Gasteiger partial charge in [0.1, 0.15) is 14.8 Å². The first-order valence-corrected chi connectivity index (χ1v) is 7.13. The van der Waals surface area contributed by atoms with E-state index < -0.39 is 15.3 Å². The first-order chi connectivity index (χ1) is 7.16. The lowest BCUT2D eigenvalue weighted by atomic mass is 10.2. The fourth-order valence-corrected chi connectivity index (χ4v) is 3.21. The summed E-state index contributed by atoms with van der Waals surface area (Å²) in [4.78, 5) is 4.18. The van der Waals surface area contributed by atoms with Crippen LogP contribution in [0.25, 0.3) is 0 Å². The number of nitrogens with two attached hydrogens (primary N) is 1. The molecule has 0 spiro atoms. The summed E-state index contributed by atoms with van der Waals surface area (Å²) in [5.74, 6) is 3.42. The Balaban J connectivity index is 3.32. The molecule has 0 saturated heterocycles. The third-order valence-electron chi connectivity index (χ3n) is 1.78. The van der Waals surface area contributed by atoms with E-state index in [1.54, 1.807) is 13.8 Å². The Morgan fingerprint density at radius 1 is 1.69 bits per heavy atom. The average molecular weight is 264 g/mol. The van der Waals surface area contributed by atoms with E-state index >= 15 is 0 Å². The molecule has 0 fully saturated rings. The summed E-state index contributed by atoms with van der Waals surface area (Å²) >= 11 is 1.11. The maximum Gasteiger partial charge on any atom is 0.125 e. The van der Waals surface area contributed by atoms with E-state index in [0.717, 1.165) is 11.3 Å². The first-order valence-electron chi connectivity index (χ1n) is 4.52. The Morgan fingerprint density at radius 2 is 2.25 bits per heavy atom. The zero-order valence-electron chi connectivity index (χ0n) is 9.52. The largest absolute Gasteiger partial charge is 0.383 e. The second kappa shape index (κ2) is 4.42. The molecule has 0 aliphatic rings. The van der Waals surface area contributed by atoms with Crippen LogP contribution in [0.15, 0.2) is 4.21 Å². The molecular formula is C9H16N2O3S2. The number of aromatic nitrogens is 1. The maximum absolute atomic E-state index is 11.7. The number of methoxy groups -OCH3 is 1. The Morgan fingerprint density at radius 3 is 2.62 bits per heavy atom. The van der Waals surface area contributed by atoms with Crippen LogP contribution >= 0.6 is 11.3 Å². The van der Waals surface area contributed by atoms with E-state index in [2.05, 4.69) is 10.9 Å². The van der Waals surface area contributed by atoms with Gasteiger partial charge in [-0.15, -0.1) is 11.3 Å². The summed E-state index contributed by atoms with van der Waals surface area (Å²) in [5.41, 5.74) is -0.608. The first kappa shape index (κ1) is 13.6. The van der Waals surface area contributed by atoms with Crippen LogP contribution in [0.5, 0.6) is 0 Å². The minimum absolute atomic E-state index is 0.200. The minimum atomic E-state index is -2.83. The van der Waals surface area contributed by atoms with Gasteiger partial charge in [0, 0.05) is 7.11 Å². The molecule has 1 aromatic rings. The normalized spacial score (nSPS) is 16.1. The van der Waals surface area contributed by atoms with Gasteiger partial charge in [-0.3, -0.25) is 5.14 Å².